The first-order chi connectivity index (χ1) is 18.0. The average molecular weight is 504 g/mol. The van der Waals surface area contributed by atoms with Gasteiger partial charge in [0, 0.05) is 42.0 Å². The first-order valence-corrected chi connectivity index (χ1v) is 11.8. The Kier molecular flexibility index (Phi) is 6.78. The number of ether oxygens (including phenoxy) is 2. The van der Waals surface area contributed by atoms with E-state index in [4.69, 9.17) is 20.3 Å². The summed E-state index contributed by atoms with van der Waals surface area (Å²) in [6.45, 7) is 0.280. The molecule has 1 aliphatic rings. The van der Waals surface area contributed by atoms with Gasteiger partial charge in [-0.05, 0) is 37.5 Å². The number of fused-ring (bicyclic) bond motifs is 1. The highest BCUT2D eigenvalue weighted by Crippen LogP contribution is 2.36. The van der Waals surface area contributed by atoms with Gasteiger partial charge >= 0.3 is 0 Å². The third-order valence-electron chi connectivity index (χ3n) is 6.29. The van der Waals surface area contributed by atoms with Crippen LogP contribution in [-0.4, -0.2) is 44.9 Å². The van der Waals surface area contributed by atoms with Crippen molar-refractivity contribution in [2.75, 3.05) is 25.3 Å². The second-order valence-electron chi connectivity index (χ2n) is 8.57. The van der Waals surface area contributed by atoms with Crippen LogP contribution >= 0.6 is 0 Å². The zero-order chi connectivity index (χ0) is 25.9. The topological polar surface area (TPSA) is 130 Å². The number of carbonyl (C=O) groups excluding carboxylic acids is 1. The number of carbonyl (C=O) groups is 1. The number of nitrogens with one attached hydrogen (secondary N) is 1. The van der Waals surface area contributed by atoms with Crippen molar-refractivity contribution in [3.05, 3.63) is 77.1 Å². The number of nitrogens with zero attached hydrogens (tertiary/aromatic N) is 5. The SMILES string of the molecule is COc1c(N)nc(-c2nn(Cc3ccccc3F)c3c2CCC3)nc1C(OC)C(=O)Nc1ccncc1. The highest BCUT2D eigenvalue weighted by Gasteiger charge is 2.31. The van der Waals surface area contributed by atoms with Gasteiger partial charge in [-0.3, -0.25) is 14.5 Å². The van der Waals surface area contributed by atoms with Crippen molar-refractivity contribution < 1.29 is 18.7 Å². The molecule has 3 heterocycles. The zero-order valence-corrected chi connectivity index (χ0v) is 20.4. The van der Waals surface area contributed by atoms with E-state index in [0.29, 0.717) is 16.9 Å². The van der Waals surface area contributed by atoms with Gasteiger partial charge in [0.05, 0.1) is 13.7 Å². The fourth-order valence-corrected chi connectivity index (χ4v) is 4.57. The Hall–Kier alpha value is -4.38. The Balaban J connectivity index is 1.55. The lowest BCUT2D eigenvalue weighted by atomic mass is 10.1. The second kappa shape index (κ2) is 10.3. The summed E-state index contributed by atoms with van der Waals surface area (Å²) in [6, 6.07) is 9.94. The van der Waals surface area contributed by atoms with E-state index >= 15 is 0 Å². The molecular formula is C26H26FN7O3. The van der Waals surface area contributed by atoms with Crippen LogP contribution in [0.3, 0.4) is 0 Å². The van der Waals surface area contributed by atoms with E-state index in [9.17, 15) is 9.18 Å². The molecule has 0 aliphatic heterocycles. The van der Waals surface area contributed by atoms with Crippen LogP contribution in [0.5, 0.6) is 5.75 Å². The van der Waals surface area contributed by atoms with Gasteiger partial charge < -0.3 is 20.5 Å². The summed E-state index contributed by atoms with van der Waals surface area (Å²) in [6.07, 6.45) is 4.52. The van der Waals surface area contributed by atoms with Crippen LogP contribution < -0.4 is 15.8 Å². The monoisotopic (exact) mass is 503 g/mol. The molecule has 0 spiro atoms. The smallest absolute Gasteiger partial charge is 0.259 e. The fourth-order valence-electron chi connectivity index (χ4n) is 4.57. The van der Waals surface area contributed by atoms with Crippen molar-refractivity contribution >= 4 is 17.4 Å². The van der Waals surface area contributed by atoms with Crippen molar-refractivity contribution in [2.45, 2.75) is 31.9 Å². The van der Waals surface area contributed by atoms with Gasteiger partial charge in [0.15, 0.2) is 23.5 Å². The van der Waals surface area contributed by atoms with E-state index in [1.54, 1.807) is 47.4 Å². The number of hydrogen-bond donors (Lipinski definition) is 2. The minimum absolute atomic E-state index is 0.0525. The van der Waals surface area contributed by atoms with Gasteiger partial charge in [-0.25, -0.2) is 14.4 Å². The molecule has 3 aromatic heterocycles. The number of nitrogens with two attached hydrogens (primary N) is 1. The number of pyridine rings is 1. The Labute approximate surface area is 212 Å². The molecule has 0 saturated heterocycles. The molecular weight excluding hydrogens is 477 g/mol. The van der Waals surface area contributed by atoms with Crippen LogP contribution in [0.4, 0.5) is 15.9 Å². The lowest BCUT2D eigenvalue weighted by Gasteiger charge is -2.19. The maximum atomic E-state index is 14.4. The molecule has 1 atom stereocenters. The van der Waals surface area contributed by atoms with E-state index in [-0.39, 0.29) is 35.4 Å². The molecule has 190 valence electrons. The Bertz CT molecular complexity index is 1440. The molecule has 1 unspecified atom stereocenters. The second-order valence-corrected chi connectivity index (χ2v) is 8.57. The van der Waals surface area contributed by atoms with Gasteiger partial charge in [-0.2, -0.15) is 5.10 Å². The molecule has 3 N–H and O–H groups in total. The van der Waals surface area contributed by atoms with Crippen molar-refractivity contribution in [3.8, 4) is 17.3 Å². The first kappa shape index (κ1) is 24.3. The van der Waals surface area contributed by atoms with Gasteiger partial charge in [0.25, 0.3) is 5.91 Å². The van der Waals surface area contributed by atoms with Crippen LogP contribution in [0, 0.1) is 5.82 Å². The van der Waals surface area contributed by atoms with Crippen LogP contribution in [0.2, 0.25) is 0 Å². The highest BCUT2D eigenvalue weighted by atomic mass is 19.1. The number of benzene rings is 1. The Morgan fingerprint density at radius 2 is 1.95 bits per heavy atom. The summed E-state index contributed by atoms with van der Waals surface area (Å²) in [5.41, 5.74) is 10.1. The van der Waals surface area contributed by atoms with Gasteiger partial charge in [-0.15, -0.1) is 0 Å². The molecule has 0 fully saturated rings. The van der Waals surface area contributed by atoms with Crippen molar-refractivity contribution in [1.29, 1.82) is 0 Å². The molecule has 1 aromatic carbocycles. The Morgan fingerprint density at radius 3 is 2.68 bits per heavy atom. The first-order valence-electron chi connectivity index (χ1n) is 11.8. The maximum Gasteiger partial charge on any atom is 0.259 e. The van der Waals surface area contributed by atoms with Crippen LogP contribution in [0.25, 0.3) is 11.5 Å². The third-order valence-corrected chi connectivity index (χ3v) is 6.29. The summed E-state index contributed by atoms with van der Waals surface area (Å²) in [5.74, 6) is -0.315. The molecule has 4 aromatic rings. The van der Waals surface area contributed by atoms with Crippen LogP contribution in [0.1, 0.15) is 35.0 Å². The number of halogens is 1. The zero-order valence-electron chi connectivity index (χ0n) is 20.4. The van der Waals surface area contributed by atoms with Crippen molar-refractivity contribution in [2.24, 2.45) is 0 Å². The summed E-state index contributed by atoms with van der Waals surface area (Å²) in [5, 5.41) is 7.54. The minimum Gasteiger partial charge on any atom is -0.491 e. The molecule has 1 amide bonds. The number of methoxy groups -OCH3 is 2. The lowest BCUT2D eigenvalue weighted by molar-refractivity contribution is -0.126. The molecule has 1 aliphatic carbocycles. The molecule has 37 heavy (non-hydrogen) atoms. The maximum absolute atomic E-state index is 14.4. The standard InChI is InChI=1S/C26H26FN7O3/c1-36-22-21(23(37-2)26(35)30-16-10-12-29-13-11-16)31-25(32-24(22)28)20-17-7-5-9-19(17)34(33-20)14-15-6-3-4-8-18(15)27/h3-4,6,8,10-13,23H,5,7,9,14H2,1-2H3,(H2,28,31,32)(H,29,30,35). The van der Waals surface area contributed by atoms with Crippen molar-refractivity contribution in [3.63, 3.8) is 0 Å². The number of nitrogen functional groups attached to an aromatic ring is 1. The van der Waals surface area contributed by atoms with E-state index in [2.05, 4.69) is 20.3 Å². The molecule has 0 saturated carbocycles. The molecule has 10 nitrogen and oxygen atoms in total. The number of amides is 1. The van der Waals surface area contributed by atoms with E-state index in [0.717, 1.165) is 30.5 Å². The Morgan fingerprint density at radius 1 is 1.16 bits per heavy atom. The molecule has 0 radical (unpaired) electrons. The number of hydrogen-bond acceptors (Lipinski definition) is 8. The van der Waals surface area contributed by atoms with E-state index < -0.39 is 12.0 Å². The number of aromatic nitrogens is 5. The number of rotatable bonds is 8. The van der Waals surface area contributed by atoms with Crippen molar-refractivity contribution in [1.82, 2.24) is 24.7 Å². The predicted octanol–water partition coefficient (Wildman–Crippen LogP) is 3.33. The number of anilines is 2. The van der Waals surface area contributed by atoms with Gasteiger partial charge in [0.2, 0.25) is 0 Å². The minimum atomic E-state index is -1.14. The summed E-state index contributed by atoms with van der Waals surface area (Å²) in [7, 11) is 2.82. The summed E-state index contributed by atoms with van der Waals surface area (Å²) in [4.78, 5) is 26.2. The summed E-state index contributed by atoms with van der Waals surface area (Å²) < 4.78 is 27.1. The largest absolute Gasteiger partial charge is 0.491 e. The van der Waals surface area contributed by atoms with Gasteiger partial charge in [-0.1, -0.05) is 18.2 Å². The van der Waals surface area contributed by atoms with Crippen LogP contribution in [0.15, 0.2) is 48.8 Å². The predicted molar refractivity (Wildman–Crippen MR) is 134 cm³/mol. The lowest BCUT2D eigenvalue weighted by Crippen LogP contribution is -2.25. The van der Waals surface area contributed by atoms with E-state index in [1.165, 1.54) is 20.3 Å². The summed E-state index contributed by atoms with van der Waals surface area (Å²) >= 11 is 0. The van der Waals surface area contributed by atoms with Crippen LogP contribution in [-0.2, 0) is 28.9 Å². The highest BCUT2D eigenvalue weighted by molar-refractivity contribution is 5.95. The average Bonchev–Trinajstić information content (AvgIpc) is 3.50. The van der Waals surface area contributed by atoms with E-state index in [1.807, 2.05) is 0 Å². The fraction of sp³-hybridized carbons (Fsp3) is 0.269. The van der Waals surface area contributed by atoms with Gasteiger partial charge in [0.1, 0.15) is 17.2 Å². The molecule has 0 bridgehead atoms. The third kappa shape index (κ3) is 4.73. The molecule has 11 heteroatoms. The quantitative estimate of drug-likeness (QED) is 0.375. The molecule has 5 rings (SSSR count). The normalized spacial score (nSPS) is 13.3.